The molecule has 0 spiro atoms. The molecule has 96 valence electrons. The van der Waals surface area contributed by atoms with E-state index in [-0.39, 0.29) is 30.9 Å². The Bertz CT molecular complexity index is 319. The monoisotopic (exact) mass is 240 g/mol. The molecule has 17 heavy (non-hydrogen) atoms. The van der Waals surface area contributed by atoms with Gasteiger partial charge in [-0.2, -0.15) is 0 Å². The largest absolute Gasteiger partial charge is 0.391 e. The molecule has 1 aliphatic carbocycles. The van der Waals surface area contributed by atoms with Crippen LogP contribution in [0, 0.1) is 0 Å². The van der Waals surface area contributed by atoms with Gasteiger partial charge >= 0.3 is 0 Å². The van der Waals surface area contributed by atoms with E-state index in [0.29, 0.717) is 6.54 Å². The van der Waals surface area contributed by atoms with E-state index in [4.69, 9.17) is 0 Å². The van der Waals surface area contributed by atoms with Gasteiger partial charge in [0.25, 0.3) is 0 Å². The number of nitrogens with zero attached hydrogens (tertiary/aromatic N) is 2. The van der Waals surface area contributed by atoms with Gasteiger partial charge in [0.05, 0.1) is 18.7 Å². The van der Waals surface area contributed by atoms with Crippen LogP contribution in [0.4, 0.5) is 0 Å². The molecule has 2 amide bonds. The van der Waals surface area contributed by atoms with Crippen molar-refractivity contribution < 1.29 is 14.7 Å². The maximum atomic E-state index is 12.0. The minimum atomic E-state index is -0.454. The normalized spacial score (nSPS) is 30.2. The average molecular weight is 240 g/mol. The summed E-state index contributed by atoms with van der Waals surface area (Å²) in [5.74, 6) is -0.0189. The lowest BCUT2D eigenvalue weighted by molar-refractivity contribution is -0.153. The van der Waals surface area contributed by atoms with E-state index in [1.54, 1.807) is 9.80 Å². The van der Waals surface area contributed by atoms with Crippen molar-refractivity contribution in [2.45, 2.75) is 44.8 Å². The third-order valence-electron chi connectivity index (χ3n) is 3.64. The Kier molecular flexibility index (Phi) is 3.66. The zero-order chi connectivity index (χ0) is 12.4. The predicted octanol–water partition coefficient (Wildman–Crippen LogP) is -0.0194. The van der Waals surface area contributed by atoms with Gasteiger partial charge in [-0.05, 0) is 25.7 Å². The molecule has 0 radical (unpaired) electrons. The highest BCUT2D eigenvalue weighted by molar-refractivity contribution is 5.92. The summed E-state index contributed by atoms with van der Waals surface area (Å²) in [6.45, 7) is 2.95. The van der Waals surface area contributed by atoms with Gasteiger partial charge in [-0.1, -0.05) is 6.92 Å². The fourth-order valence-electron chi connectivity index (χ4n) is 2.74. The Morgan fingerprint density at radius 2 is 2.00 bits per heavy atom. The van der Waals surface area contributed by atoms with Gasteiger partial charge in [0.15, 0.2) is 0 Å². The molecule has 2 atom stereocenters. The van der Waals surface area contributed by atoms with Crippen LogP contribution in [-0.4, -0.2) is 58.5 Å². The smallest absolute Gasteiger partial charge is 0.243 e. The summed E-state index contributed by atoms with van der Waals surface area (Å²) in [6.07, 6.45) is 2.90. The molecular formula is C12H20N2O3. The number of hydrogen-bond acceptors (Lipinski definition) is 3. The fraction of sp³-hybridized carbons (Fsp3) is 0.833. The summed E-state index contributed by atoms with van der Waals surface area (Å²) >= 11 is 0. The number of aliphatic hydroxyl groups excluding tert-OH is 1. The van der Waals surface area contributed by atoms with Gasteiger partial charge in [-0.25, -0.2) is 0 Å². The lowest BCUT2D eigenvalue weighted by Crippen LogP contribution is -2.58. The van der Waals surface area contributed by atoms with E-state index in [9.17, 15) is 14.7 Å². The summed E-state index contributed by atoms with van der Waals surface area (Å²) < 4.78 is 0. The third kappa shape index (κ3) is 2.44. The molecule has 1 saturated carbocycles. The molecule has 1 heterocycles. The highest BCUT2D eigenvalue weighted by atomic mass is 16.3. The molecule has 1 saturated heterocycles. The first kappa shape index (κ1) is 12.4. The first-order valence-electron chi connectivity index (χ1n) is 6.38. The second-order valence-electron chi connectivity index (χ2n) is 4.90. The van der Waals surface area contributed by atoms with E-state index in [1.165, 1.54) is 0 Å². The molecular weight excluding hydrogens is 220 g/mol. The molecule has 2 fully saturated rings. The van der Waals surface area contributed by atoms with Crippen LogP contribution in [0.3, 0.4) is 0 Å². The maximum absolute atomic E-state index is 12.0. The quantitative estimate of drug-likeness (QED) is 0.754. The lowest BCUT2D eigenvalue weighted by atomic mass is 10.1. The molecule has 0 aromatic heterocycles. The van der Waals surface area contributed by atoms with Crippen LogP contribution in [-0.2, 0) is 9.59 Å². The van der Waals surface area contributed by atoms with Crippen molar-refractivity contribution >= 4 is 11.8 Å². The number of piperazine rings is 1. The van der Waals surface area contributed by atoms with Crippen LogP contribution in [0.25, 0.3) is 0 Å². The number of rotatable bonds is 3. The lowest BCUT2D eigenvalue weighted by Gasteiger charge is -2.38. The van der Waals surface area contributed by atoms with Crippen LogP contribution in [0.1, 0.15) is 32.6 Å². The zero-order valence-corrected chi connectivity index (χ0v) is 10.3. The summed E-state index contributed by atoms with van der Waals surface area (Å²) in [5.41, 5.74) is 0. The Hall–Kier alpha value is -1.10. The molecule has 2 rings (SSSR count). The van der Waals surface area contributed by atoms with Crippen molar-refractivity contribution in [2.75, 3.05) is 19.6 Å². The SMILES string of the molecule is CCCN1CC(=O)N([C@H]2CCC[C@@H]2O)CC1=O. The second-order valence-corrected chi connectivity index (χ2v) is 4.90. The Balaban J connectivity index is 2.02. The van der Waals surface area contributed by atoms with E-state index in [0.717, 1.165) is 25.7 Å². The minimum Gasteiger partial charge on any atom is -0.391 e. The van der Waals surface area contributed by atoms with Crippen LogP contribution < -0.4 is 0 Å². The van der Waals surface area contributed by atoms with E-state index in [2.05, 4.69) is 0 Å². The summed E-state index contributed by atoms with van der Waals surface area (Å²) in [5, 5.41) is 9.80. The van der Waals surface area contributed by atoms with Crippen molar-refractivity contribution in [3.63, 3.8) is 0 Å². The molecule has 1 aliphatic heterocycles. The first-order valence-corrected chi connectivity index (χ1v) is 6.38. The molecule has 0 aromatic carbocycles. The van der Waals surface area contributed by atoms with Gasteiger partial charge in [-0.15, -0.1) is 0 Å². The third-order valence-corrected chi connectivity index (χ3v) is 3.64. The number of amides is 2. The van der Waals surface area contributed by atoms with Crippen LogP contribution >= 0.6 is 0 Å². The Labute approximate surface area is 101 Å². The highest BCUT2D eigenvalue weighted by Gasteiger charge is 2.38. The standard InChI is InChI=1S/C12H20N2O3/c1-2-6-13-7-12(17)14(8-11(13)16)9-4-3-5-10(9)15/h9-10,15H,2-8H2,1H3/t9-,10-/m0/s1. The fourth-order valence-corrected chi connectivity index (χ4v) is 2.74. The summed E-state index contributed by atoms with van der Waals surface area (Å²) in [7, 11) is 0. The Morgan fingerprint density at radius 1 is 1.24 bits per heavy atom. The van der Waals surface area contributed by atoms with Crippen molar-refractivity contribution in [2.24, 2.45) is 0 Å². The van der Waals surface area contributed by atoms with E-state index in [1.807, 2.05) is 6.92 Å². The molecule has 5 nitrogen and oxygen atoms in total. The van der Waals surface area contributed by atoms with E-state index >= 15 is 0 Å². The predicted molar refractivity (Wildman–Crippen MR) is 62.2 cm³/mol. The van der Waals surface area contributed by atoms with Crippen LogP contribution in [0.15, 0.2) is 0 Å². The highest BCUT2D eigenvalue weighted by Crippen LogP contribution is 2.25. The summed E-state index contributed by atoms with van der Waals surface area (Å²) in [6, 6.07) is -0.143. The zero-order valence-electron chi connectivity index (χ0n) is 10.3. The van der Waals surface area contributed by atoms with Crippen molar-refractivity contribution in [3.05, 3.63) is 0 Å². The van der Waals surface area contributed by atoms with Crippen molar-refractivity contribution in [3.8, 4) is 0 Å². The molecule has 0 aromatic rings. The average Bonchev–Trinajstić information content (AvgIpc) is 2.70. The number of carbonyl (C=O) groups excluding carboxylic acids is 2. The van der Waals surface area contributed by atoms with Crippen molar-refractivity contribution in [1.29, 1.82) is 0 Å². The summed E-state index contributed by atoms with van der Waals surface area (Å²) in [4.78, 5) is 27.0. The maximum Gasteiger partial charge on any atom is 0.243 e. The topological polar surface area (TPSA) is 60.9 Å². The van der Waals surface area contributed by atoms with Gasteiger partial charge < -0.3 is 14.9 Å². The molecule has 2 aliphatic rings. The number of aliphatic hydroxyl groups is 1. The molecule has 0 unspecified atom stereocenters. The van der Waals surface area contributed by atoms with E-state index < -0.39 is 6.10 Å². The Morgan fingerprint density at radius 3 is 2.59 bits per heavy atom. The molecule has 5 heteroatoms. The number of hydrogen-bond donors (Lipinski definition) is 1. The van der Waals surface area contributed by atoms with Crippen LogP contribution in [0.5, 0.6) is 0 Å². The molecule has 1 N–H and O–H groups in total. The van der Waals surface area contributed by atoms with Gasteiger partial charge in [0.2, 0.25) is 11.8 Å². The van der Waals surface area contributed by atoms with Crippen molar-refractivity contribution in [1.82, 2.24) is 9.80 Å². The number of carbonyl (C=O) groups is 2. The van der Waals surface area contributed by atoms with Gasteiger partial charge in [0.1, 0.15) is 6.54 Å². The first-order chi connectivity index (χ1) is 8.13. The van der Waals surface area contributed by atoms with Gasteiger partial charge in [-0.3, -0.25) is 9.59 Å². The van der Waals surface area contributed by atoms with Crippen LogP contribution in [0.2, 0.25) is 0 Å². The second kappa shape index (κ2) is 5.04. The minimum absolute atomic E-state index is 0.00514. The molecule has 0 bridgehead atoms. The van der Waals surface area contributed by atoms with Gasteiger partial charge in [0, 0.05) is 6.54 Å².